The van der Waals surface area contributed by atoms with Crippen LogP contribution in [0.4, 0.5) is 13.2 Å². The zero-order chi connectivity index (χ0) is 14.6. The Bertz CT molecular complexity index is 539. The smallest absolute Gasteiger partial charge is 0.309 e. The Morgan fingerprint density at radius 1 is 1.30 bits per heavy atom. The van der Waals surface area contributed by atoms with E-state index in [-0.39, 0.29) is 6.04 Å². The predicted octanol–water partition coefficient (Wildman–Crippen LogP) is 3.45. The van der Waals surface area contributed by atoms with Crippen molar-refractivity contribution in [3.05, 3.63) is 46.2 Å². The molecule has 0 radical (unpaired) electrons. The summed E-state index contributed by atoms with van der Waals surface area (Å²) < 4.78 is 37.8. The highest BCUT2D eigenvalue weighted by Gasteiger charge is 2.35. The lowest BCUT2D eigenvalue weighted by atomic mass is 10.1. The largest absolute Gasteiger partial charge is 0.443 e. The van der Waals surface area contributed by atoms with Gasteiger partial charge in [-0.3, -0.25) is 4.98 Å². The van der Waals surface area contributed by atoms with Crippen molar-refractivity contribution in [1.82, 2.24) is 15.3 Å². The molecule has 2 heterocycles. The second-order valence-electron chi connectivity index (χ2n) is 4.20. The Hall–Kier alpha value is -1.47. The van der Waals surface area contributed by atoms with Gasteiger partial charge in [-0.2, -0.15) is 13.2 Å². The maximum atomic E-state index is 12.6. The van der Waals surface area contributed by atoms with Crippen LogP contribution in [-0.4, -0.2) is 16.5 Å². The van der Waals surface area contributed by atoms with Crippen molar-refractivity contribution in [3.63, 3.8) is 0 Å². The van der Waals surface area contributed by atoms with Crippen molar-refractivity contribution in [2.24, 2.45) is 0 Å². The minimum atomic E-state index is -4.38. The van der Waals surface area contributed by atoms with Gasteiger partial charge >= 0.3 is 6.18 Å². The minimum absolute atomic E-state index is 0.205. The lowest BCUT2D eigenvalue weighted by Gasteiger charge is -2.15. The molecule has 0 amide bonds. The Labute approximate surface area is 118 Å². The number of nitrogens with zero attached hydrogens (tertiary/aromatic N) is 2. The predicted molar refractivity (Wildman–Crippen MR) is 71.5 cm³/mol. The van der Waals surface area contributed by atoms with Gasteiger partial charge < -0.3 is 5.32 Å². The highest BCUT2D eigenvalue weighted by Crippen LogP contribution is 2.34. The van der Waals surface area contributed by atoms with Crippen LogP contribution in [0.15, 0.2) is 30.6 Å². The van der Waals surface area contributed by atoms with Crippen LogP contribution in [0.3, 0.4) is 0 Å². The molecule has 0 fully saturated rings. The van der Waals surface area contributed by atoms with E-state index in [1.807, 2.05) is 19.1 Å². The summed E-state index contributed by atoms with van der Waals surface area (Å²) in [5.74, 6) is 0. The highest BCUT2D eigenvalue weighted by molar-refractivity contribution is 7.11. The number of aromatic nitrogens is 2. The number of thiazole rings is 1. The van der Waals surface area contributed by atoms with Gasteiger partial charge in [0.15, 0.2) is 5.01 Å². The summed E-state index contributed by atoms with van der Waals surface area (Å²) in [6, 6.07) is 5.32. The topological polar surface area (TPSA) is 37.8 Å². The Kier molecular flexibility index (Phi) is 4.72. The number of likely N-dealkylation sites (N-methyl/N-ethyl adjacent to an activating group) is 1. The maximum absolute atomic E-state index is 12.6. The fourth-order valence-electron chi connectivity index (χ4n) is 1.83. The maximum Gasteiger partial charge on any atom is 0.443 e. The lowest BCUT2D eigenvalue weighted by molar-refractivity contribution is -0.137. The van der Waals surface area contributed by atoms with Crippen LogP contribution in [0.25, 0.3) is 0 Å². The van der Waals surface area contributed by atoms with Crippen LogP contribution in [0.2, 0.25) is 0 Å². The molecule has 7 heteroatoms. The average molecular weight is 301 g/mol. The first-order valence-corrected chi connectivity index (χ1v) is 6.98. The van der Waals surface area contributed by atoms with Gasteiger partial charge in [0.1, 0.15) is 0 Å². The Morgan fingerprint density at radius 2 is 2.10 bits per heavy atom. The van der Waals surface area contributed by atoms with Crippen LogP contribution in [-0.2, 0) is 12.6 Å². The number of pyridine rings is 1. The Morgan fingerprint density at radius 3 is 2.65 bits per heavy atom. The third kappa shape index (κ3) is 3.77. The molecule has 0 spiro atoms. The number of halogens is 3. The molecule has 1 N–H and O–H groups in total. The molecule has 1 unspecified atom stereocenters. The van der Waals surface area contributed by atoms with Gasteiger partial charge in [0.25, 0.3) is 0 Å². The van der Waals surface area contributed by atoms with Crippen molar-refractivity contribution >= 4 is 11.3 Å². The number of hydrogen-bond acceptors (Lipinski definition) is 4. The summed E-state index contributed by atoms with van der Waals surface area (Å²) in [4.78, 5) is 8.24. The molecule has 2 aromatic rings. The van der Waals surface area contributed by atoms with E-state index in [0.29, 0.717) is 29.2 Å². The normalized spacial score (nSPS) is 13.4. The second-order valence-corrected chi connectivity index (χ2v) is 5.26. The zero-order valence-electron chi connectivity index (χ0n) is 10.8. The molecule has 108 valence electrons. The van der Waals surface area contributed by atoms with E-state index < -0.39 is 11.2 Å². The first kappa shape index (κ1) is 14.9. The zero-order valence-corrected chi connectivity index (χ0v) is 11.6. The number of rotatable bonds is 5. The standard InChI is InChI=1S/C13H14F3N3S/c1-2-17-10(7-9-5-3-4-6-18-9)11-8-19-12(20-11)13(14,15)16/h3-6,8,10,17H,2,7H2,1H3. The Balaban J connectivity index is 2.18. The number of nitrogens with one attached hydrogen (secondary N) is 1. The summed E-state index contributed by atoms with van der Waals surface area (Å²) in [7, 11) is 0. The monoisotopic (exact) mass is 301 g/mol. The van der Waals surface area contributed by atoms with Gasteiger partial charge in [-0.25, -0.2) is 4.98 Å². The van der Waals surface area contributed by atoms with Crippen LogP contribution in [0.1, 0.15) is 28.5 Å². The van der Waals surface area contributed by atoms with Gasteiger partial charge in [0.05, 0.1) is 0 Å². The third-order valence-corrected chi connectivity index (χ3v) is 3.86. The van der Waals surface area contributed by atoms with Crippen molar-refractivity contribution < 1.29 is 13.2 Å². The second kappa shape index (κ2) is 6.32. The van der Waals surface area contributed by atoms with Crippen molar-refractivity contribution in [3.8, 4) is 0 Å². The highest BCUT2D eigenvalue weighted by atomic mass is 32.1. The van der Waals surface area contributed by atoms with E-state index in [0.717, 1.165) is 5.69 Å². The van der Waals surface area contributed by atoms with Crippen molar-refractivity contribution in [2.45, 2.75) is 25.6 Å². The number of hydrogen-bond donors (Lipinski definition) is 1. The molecule has 0 bridgehead atoms. The van der Waals surface area contributed by atoms with Crippen LogP contribution in [0.5, 0.6) is 0 Å². The van der Waals surface area contributed by atoms with Gasteiger partial charge in [0.2, 0.25) is 0 Å². The van der Waals surface area contributed by atoms with E-state index in [9.17, 15) is 13.2 Å². The third-order valence-electron chi connectivity index (χ3n) is 2.70. The molecule has 2 rings (SSSR count). The molecule has 1 atom stereocenters. The molecule has 20 heavy (non-hydrogen) atoms. The first-order valence-electron chi connectivity index (χ1n) is 6.17. The van der Waals surface area contributed by atoms with E-state index in [4.69, 9.17) is 0 Å². The molecule has 0 aliphatic heterocycles. The number of alkyl halides is 3. The van der Waals surface area contributed by atoms with E-state index in [1.54, 1.807) is 12.3 Å². The fraction of sp³-hybridized carbons (Fsp3) is 0.385. The van der Waals surface area contributed by atoms with Gasteiger partial charge in [-0.15, -0.1) is 11.3 Å². The molecule has 2 aromatic heterocycles. The van der Waals surface area contributed by atoms with Crippen molar-refractivity contribution in [2.75, 3.05) is 6.54 Å². The average Bonchev–Trinajstić information content (AvgIpc) is 2.89. The minimum Gasteiger partial charge on any atom is -0.309 e. The molecule has 0 aromatic carbocycles. The summed E-state index contributed by atoms with van der Waals surface area (Å²) in [6.45, 7) is 2.58. The van der Waals surface area contributed by atoms with Gasteiger partial charge in [0, 0.05) is 35.4 Å². The van der Waals surface area contributed by atoms with E-state index in [2.05, 4.69) is 15.3 Å². The molecule has 0 saturated carbocycles. The van der Waals surface area contributed by atoms with Crippen molar-refractivity contribution in [1.29, 1.82) is 0 Å². The lowest BCUT2D eigenvalue weighted by Crippen LogP contribution is -2.22. The summed E-state index contributed by atoms with van der Waals surface area (Å²) in [6.07, 6.45) is -0.880. The van der Waals surface area contributed by atoms with E-state index >= 15 is 0 Å². The SMILES string of the molecule is CCNC(Cc1ccccn1)c1cnc(C(F)(F)F)s1. The summed E-state index contributed by atoms with van der Waals surface area (Å²) in [5, 5.41) is 2.37. The molecule has 0 saturated heterocycles. The quantitative estimate of drug-likeness (QED) is 0.919. The van der Waals surface area contributed by atoms with Crippen LogP contribution < -0.4 is 5.32 Å². The summed E-state index contributed by atoms with van der Waals surface area (Å²) in [5.41, 5.74) is 0.834. The molecule has 0 aliphatic carbocycles. The summed E-state index contributed by atoms with van der Waals surface area (Å²) >= 11 is 0.681. The molecular formula is C13H14F3N3S. The van der Waals surface area contributed by atoms with Gasteiger partial charge in [-0.05, 0) is 18.7 Å². The van der Waals surface area contributed by atoms with E-state index in [1.165, 1.54) is 6.20 Å². The molecule has 0 aliphatic rings. The van der Waals surface area contributed by atoms with Crippen LogP contribution >= 0.6 is 11.3 Å². The first-order chi connectivity index (χ1) is 9.50. The molecular weight excluding hydrogens is 287 g/mol. The molecule has 3 nitrogen and oxygen atoms in total. The fourth-order valence-corrected chi connectivity index (χ4v) is 2.69. The van der Waals surface area contributed by atoms with Gasteiger partial charge in [-0.1, -0.05) is 13.0 Å². The van der Waals surface area contributed by atoms with Crippen LogP contribution in [0, 0.1) is 0 Å².